The summed E-state index contributed by atoms with van der Waals surface area (Å²) >= 11 is 0. The van der Waals surface area contributed by atoms with Crippen molar-refractivity contribution in [3.05, 3.63) is 52.6 Å². The number of aromatic amines is 1. The summed E-state index contributed by atoms with van der Waals surface area (Å²) in [6.07, 6.45) is 21.6. The van der Waals surface area contributed by atoms with Crippen molar-refractivity contribution in [1.82, 2.24) is 19.5 Å². The largest absolute Gasteiger partial charge is 0.369 e. The molecule has 0 amide bonds. The van der Waals surface area contributed by atoms with Gasteiger partial charge in [0.25, 0.3) is 5.56 Å². The quantitative estimate of drug-likeness (QED) is 0.158. The van der Waals surface area contributed by atoms with E-state index in [1.165, 1.54) is 89.0 Å². The van der Waals surface area contributed by atoms with Crippen molar-refractivity contribution in [2.75, 3.05) is 12.3 Å². The maximum atomic E-state index is 12.2. The molecular weight excluding hydrogens is 462 g/mol. The zero-order valence-electron chi connectivity index (χ0n) is 22.7. The van der Waals surface area contributed by atoms with E-state index in [4.69, 9.17) is 10.5 Å². The van der Waals surface area contributed by atoms with E-state index in [1.54, 1.807) is 6.33 Å². The Kier molecular flexibility index (Phi) is 13.2. The van der Waals surface area contributed by atoms with E-state index >= 15 is 0 Å². The third-order valence-corrected chi connectivity index (χ3v) is 7.04. The number of nitrogen functional groups attached to an aromatic ring is 1. The molecule has 0 aliphatic carbocycles. The number of benzene rings is 1. The number of aryl methyl sites for hydroxylation is 1. The molecule has 1 atom stereocenters. The highest BCUT2D eigenvalue weighted by molar-refractivity contribution is 5.70. The van der Waals surface area contributed by atoms with Gasteiger partial charge in [0.15, 0.2) is 11.2 Å². The second kappa shape index (κ2) is 17.0. The Morgan fingerprint density at radius 2 is 1.54 bits per heavy atom. The lowest BCUT2D eigenvalue weighted by Crippen LogP contribution is -2.17. The summed E-state index contributed by atoms with van der Waals surface area (Å²) in [6, 6.07) is 11.0. The molecule has 1 unspecified atom stereocenters. The van der Waals surface area contributed by atoms with Gasteiger partial charge in [0, 0.05) is 6.61 Å². The van der Waals surface area contributed by atoms with Crippen molar-refractivity contribution < 1.29 is 4.74 Å². The van der Waals surface area contributed by atoms with Crippen LogP contribution in [0.5, 0.6) is 0 Å². The summed E-state index contributed by atoms with van der Waals surface area (Å²) in [7, 11) is 0. The van der Waals surface area contributed by atoms with Crippen LogP contribution in [0.1, 0.15) is 115 Å². The number of nitrogens with zero attached hydrogens (tertiary/aromatic N) is 3. The Morgan fingerprint density at radius 3 is 2.16 bits per heavy atom. The molecule has 0 aliphatic rings. The number of anilines is 1. The Balaban J connectivity index is 1.37. The highest BCUT2D eigenvalue weighted by atomic mass is 16.5. The molecule has 1 radical (unpaired) electrons. The lowest BCUT2D eigenvalue weighted by molar-refractivity contribution is -0.00293. The molecule has 3 aromatic rings. The Labute approximate surface area is 222 Å². The Bertz CT molecular complexity index is 1060. The smallest absolute Gasteiger partial charge is 0.280 e. The molecule has 7 heteroatoms. The van der Waals surface area contributed by atoms with E-state index in [0.29, 0.717) is 12.3 Å². The number of hydrogen-bond donors (Lipinski definition) is 2. The van der Waals surface area contributed by atoms with E-state index in [9.17, 15) is 4.79 Å². The summed E-state index contributed by atoms with van der Waals surface area (Å²) in [5.41, 5.74) is 7.45. The van der Waals surface area contributed by atoms with Gasteiger partial charge in [0.1, 0.15) is 6.23 Å². The predicted octanol–water partition coefficient (Wildman–Crippen LogP) is 7.13. The molecule has 0 spiro atoms. The van der Waals surface area contributed by atoms with Gasteiger partial charge in [-0.1, -0.05) is 115 Å². The van der Waals surface area contributed by atoms with Crippen LogP contribution in [0.3, 0.4) is 0 Å². The molecule has 3 rings (SSSR count). The number of imidazole rings is 1. The minimum absolute atomic E-state index is 0.0866. The Morgan fingerprint density at radius 1 is 0.946 bits per heavy atom. The molecule has 0 bridgehead atoms. The maximum absolute atomic E-state index is 12.2. The van der Waals surface area contributed by atoms with E-state index < -0.39 is 0 Å². The topological polar surface area (TPSA) is 98.8 Å². The molecular formula is C30H46N5O2. The molecule has 0 fully saturated rings. The van der Waals surface area contributed by atoms with E-state index in [1.807, 2.05) is 16.7 Å². The number of nitrogens with two attached hydrogens (primary N) is 1. The van der Waals surface area contributed by atoms with Gasteiger partial charge >= 0.3 is 0 Å². The summed E-state index contributed by atoms with van der Waals surface area (Å²) < 4.78 is 8.17. The molecule has 37 heavy (non-hydrogen) atoms. The monoisotopic (exact) mass is 508 g/mol. The average molecular weight is 509 g/mol. The number of unbranched alkanes of at least 4 members (excludes halogenated alkanes) is 13. The van der Waals surface area contributed by atoms with Crippen LogP contribution in [0.2, 0.25) is 0 Å². The van der Waals surface area contributed by atoms with Crippen molar-refractivity contribution in [2.24, 2.45) is 0 Å². The third kappa shape index (κ3) is 10.3. The minimum Gasteiger partial charge on any atom is -0.369 e. The van der Waals surface area contributed by atoms with Crippen LogP contribution in [0.15, 0.2) is 35.4 Å². The number of ether oxygens (including phenoxy) is 1. The van der Waals surface area contributed by atoms with Gasteiger partial charge < -0.3 is 10.5 Å². The number of aromatic nitrogens is 4. The molecule has 203 valence electrons. The fourth-order valence-corrected chi connectivity index (χ4v) is 4.85. The molecule has 0 saturated heterocycles. The predicted molar refractivity (Wildman–Crippen MR) is 151 cm³/mol. The first-order valence-electron chi connectivity index (χ1n) is 14.5. The molecule has 2 heterocycles. The van der Waals surface area contributed by atoms with Crippen LogP contribution >= 0.6 is 0 Å². The van der Waals surface area contributed by atoms with Crippen molar-refractivity contribution in [2.45, 2.75) is 116 Å². The summed E-state index contributed by atoms with van der Waals surface area (Å²) in [5.74, 6) is 0.0866. The van der Waals surface area contributed by atoms with Crippen LogP contribution in [0, 0.1) is 6.07 Å². The normalized spacial score (nSPS) is 12.4. The summed E-state index contributed by atoms with van der Waals surface area (Å²) in [5, 5.41) is 0. The van der Waals surface area contributed by atoms with Crippen LogP contribution in [-0.2, 0) is 11.2 Å². The molecule has 2 aromatic heterocycles. The third-order valence-electron chi connectivity index (χ3n) is 7.04. The van der Waals surface area contributed by atoms with Crippen LogP contribution in [0.4, 0.5) is 5.95 Å². The van der Waals surface area contributed by atoms with Crippen molar-refractivity contribution in [1.29, 1.82) is 0 Å². The second-order valence-corrected chi connectivity index (χ2v) is 10.1. The van der Waals surface area contributed by atoms with Gasteiger partial charge in [-0.25, -0.2) is 4.98 Å². The van der Waals surface area contributed by atoms with E-state index in [2.05, 4.69) is 40.1 Å². The lowest BCUT2D eigenvalue weighted by atomic mass is 10.0. The SMILES string of the molecule is CCCCCCCCCCCCCCCCOC(CCc1cc[c]cc1)n1cnc2c(=O)[nH]c(N)nc21. The van der Waals surface area contributed by atoms with Crippen molar-refractivity contribution >= 4 is 17.1 Å². The first kappa shape index (κ1) is 28.9. The minimum atomic E-state index is -0.328. The van der Waals surface area contributed by atoms with Gasteiger partial charge in [-0.15, -0.1) is 0 Å². The molecule has 7 nitrogen and oxygen atoms in total. The first-order valence-corrected chi connectivity index (χ1v) is 14.5. The number of rotatable bonds is 20. The molecule has 1 aromatic carbocycles. The fourth-order valence-electron chi connectivity index (χ4n) is 4.85. The van der Waals surface area contributed by atoms with Crippen molar-refractivity contribution in [3.8, 4) is 0 Å². The zero-order valence-corrected chi connectivity index (χ0v) is 22.7. The molecule has 3 N–H and O–H groups in total. The number of hydrogen-bond acceptors (Lipinski definition) is 5. The summed E-state index contributed by atoms with van der Waals surface area (Å²) in [6.45, 7) is 2.95. The molecule has 0 saturated carbocycles. The number of nitrogens with one attached hydrogen (secondary N) is 1. The lowest BCUT2D eigenvalue weighted by Gasteiger charge is -2.20. The van der Waals surface area contributed by atoms with Gasteiger partial charge in [-0.2, -0.15) is 4.98 Å². The first-order chi connectivity index (χ1) is 18.2. The summed E-state index contributed by atoms with van der Waals surface area (Å²) in [4.78, 5) is 23.3. The Hall–Kier alpha value is -2.67. The number of H-pyrrole nitrogens is 1. The van der Waals surface area contributed by atoms with E-state index in [-0.39, 0.29) is 23.3 Å². The van der Waals surface area contributed by atoms with Gasteiger partial charge in [0.05, 0.1) is 6.33 Å². The highest BCUT2D eigenvalue weighted by Crippen LogP contribution is 2.22. The molecule has 0 aliphatic heterocycles. The standard InChI is InChI=1S/C30H46N5O2/c1-2-3-4-5-6-7-8-9-10-11-12-13-14-18-23-37-26(22-21-25-19-16-15-17-20-25)35-24-32-27-28(35)33-30(31)34-29(27)36/h16-17,19-20,24,26H,2-14,18,21-23H2,1H3,(H3,31,33,34,36). The van der Waals surface area contributed by atoms with Crippen LogP contribution in [0.25, 0.3) is 11.2 Å². The van der Waals surface area contributed by atoms with Crippen LogP contribution in [-0.4, -0.2) is 26.1 Å². The van der Waals surface area contributed by atoms with E-state index in [0.717, 1.165) is 19.3 Å². The average Bonchev–Trinajstić information content (AvgIpc) is 3.32. The van der Waals surface area contributed by atoms with Crippen molar-refractivity contribution in [3.63, 3.8) is 0 Å². The zero-order chi connectivity index (χ0) is 26.1. The van der Waals surface area contributed by atoms with Gasteiger partial charge in [-0.05, 0) is 30.9 Å². The second-order valence-electron chi connectivity index (χ2n) is 10.1. The number of fused-ring (bicyclic) bond motifs is 1. The van der Waals surface area contributed by atoms with Gasteiger partial charge in [-0.3, -0.25) is 14.3 Å². The van der Waals surface area contributed by atoms with Gasteiger partial charge in [0.2, 0.25) is 5.95 Å². The maximum Gasteiger partial charge on any atom is 0.280 e. The highest BCUT2D eigenvalue weighted by Gasteiger charge is 2.18. The van der Waals surface area contributed by atoms with Crippen LogP contribution < -0.4 is 11.3 Å². The fraction of sp³-hybridized carbons (Fsp3) is 0.633.